The number of nitrogens with one attached hydrogen (secondary N) is 2. The van der Waals surface area contributed by atoms with Crippen LogP contribution in [0.3, 0.4) is 0 Å². The molecule has 3 unspecified atom stereocenters. The molecule has 0 aliphatic heterocycles. The number of ether oxygens (including phenoxy) is 1. The molecule has 1 fully saturated rings. The van der Waals surface area contributed by atoms with Gasteiger partial charge in [0.15, 0.2) is 5.96 Å². The molecule has 1 saturated carbocycles. The third kappa shape index (κ3) is 6.83. The fourth-order valence-electron chi connectivity index (χ4n) is 3.93. The lowest BCUT2D eigenvalue weighted by Crippen LogP contribution is -2.46. The SMILES string of the molecule is CCNC(=NCc1ccc2cc(OC)ccc2c1)NC1CCCC(S(=O)CC)C1.I. The third-order valence-electron chi connectivity index (χ3n) is 5.50. The van der Waals surface area contributed by atoms with E-state index in [9.17, 15) is 4.21 Å². The van der Waals surface area contributed by atoms with Crippen molar-refractivity contribution in [2.45, 2.75) is 57.4 Å². The Morgan fingerprint density at radius 1 is 1.17 bits per heavy atom. The Morgan fingerprint density at radius 3 is 2.67 bits per heavy atom. The molecule has 0 saturated heterocycles. The summed E-state index contributed by atoms with van der Waals surface area (Å²) in [7, 11) is 0.977. The smallest absolute Gasteiger partial charge is 0.191 e. The molecule has 2 aromatic rings. The molecule has 0 spiro atoms. The Balaban J connectivity index is 0.00000320. The first-order valence-electron chi connectivity index (χ1n) is 10.6. The van der Waals surface area contributed by atoms with Crippen molar-refractivity contribution in [3.63, 3.8) is 0 Å². The van der Waals surface area contributed by atoms with Crippen molar-refractivity contribution in [1.82, 2.24) is 10.6 Å². The van der Waals surface area contributed by atoms with E-state index in [2.05, 4.69) is 41.8 Å². The zero-order chi connectivity index (χ0) is 20.6. The van der Waals surface area contributed by atoms with Crippen molar-refractivity contribution >= 4 is 51.5 Å². The average molecular weight is 544 g/mol. The zero-order valence-corrected chi connectivity index (χ0v) is 21.3. The summed E-state index contributed by atoms with van der Waals surface area (Å²) in [5.41, 5.74) is 1.17. The lowest BCUT2D eigenvalue weighted by Gasteiger charge is -2.30. The van der Waals surface area contributed by atoms with Gasteiger partial charge in [-0.05, 0) is 60.7 Å². The van der Waals surface area contributed by atoms with Gasteiger partial charge in [0, 0.05) is 34.4 Å². The lowest BCUT2D eigenvalue weighted by molar-refractivity contribution is 0.413. The normalized spacial score (nSPS) is 20.3. The van der Waals surface area contributed by atoms with E-state index in [0.29, 0.717) is 17.8 Å². The summed E-state index contributed by atoms with van der Waals surface area (Å²) in [6.45, 7) is 5.53. The first-order valence-corrected chi connectivity index (χ1v) is 12.0. The first-order chi connectivity index (χ1) is 14.1. The van der Waals surface area contributed by atoms with E-state index in [1.807, 2.05) is 19.1 Å². The van der Waals surface area contributed by atoms with E-state index in [1.165, 1.54) is 16.3 Å². The standard InChI is InChI=1S/C23H33N3O2S.HI/c1-4-24-23(26-20-7-6-8-22(15-20)29(27)5-2)25-16-17-9-10-19-14-21(28-3)12-11-18(19)13-17;/h9-14,20,22H,4-8,15-16H2,1-3H3,(H2,24,25,26);1H. The van der Waals surface area contributed by atoms with Gasteiger partial charge in [0.25, 0.3) is 0 Å². The maximum Gasteiger partial charge on any atom is 0.191 e. The van der Waals surface area contributed by atoms with Gasteiger partial charge in [-0.25, -0.2) is 4.99 Å². The molecule has 30 heavy (non-hydrogen) atoms. The Hall–Kier alpha value is -1.35. The molecule has 0 radical (unpaired) electrons. The highest BCUT2D eigenvalue weighted by molar-refractivity contribution is 14.0. The predicted molar refractivity (Wildman–Crippen MR) is 139 cm³/mol. The summed E-state index contributed by atoms with van der Waals surface area (Å²) in [5.74, 6) is 2.46. The average Bonchev–Trinajstić information content (AvgIpc) is 2.76. The van der Waals surface area contributed by atoms with Gasteiger partial charge in [-0.3, -0.25) is 4.21 Å². The molecule has 2 N–H and O–H groups in total. The minimum atomic E-state index is -0.711. The molecule has 0 amide bonds. The molecule has 3 atom stereocenters. The second kappa shape index (κ2) is 12.5. The van der Waals surface area contributed by atoms with Gasteiger partial charge in [0.1, 0.15) is 5.75 Å². The highest BCUT2D eigenvalue weighted by Gasteiger charge is 2.26. The third-order valence-corrected chi connectivity index (χ3v) is 7.24. The number of nitrogens with zero attached hydrogens (tertiary/aromatic N) is 1. The molecule has 7 heteroatoms. The Bertz CT molecular complexity index is 875. The monoisotopic (exact) mass is 543 g/mol. The van der Waals surface area contributed by atoms with Crippen LogP contribution in [0.5, 0.6) is 5.75 Å². The lowest BCUT2D eigenvalue weighted by atomic mass is 9.95. The number of rotatable bonds is 7. The largest absolute Gasteiger partial charge is 0.497 e. The number of methoxy groups -OCH3 is 1. The minimum absolute atomic E-state index is 0. The maximum absolute atomic E-state index is 12.2. The number of hydrogen-bond donors (Lipinski definition) is 2. The highest BCUT2D eigenvalue weighted by atomic mass is 127. The molecule has 2 aromatic carbocycles. The molecular weight excluding hydrogens is 509 g/mol. The van der Waals surface area contributed by atoms with Crippen LogP contribution in [0.25, 0.3) is 10.8 Å². The highest BCUT2D eigenvalue weighted by Crippen LogP contribution is 2.24. The van der Waals surface area contributed by atoms with Gasteiger partial charge in [-0.2, -0.15) is 0 Å². The second-order valence-corrected chi connectivity index (χ2v) is 9.55. The van der Waals surface area contributed by atoms with Gasteiger partial charge >= 0.3 is 0 Å². The molecule has 1 aliphatic carbocycles. The number of guanidine groups is 1. The predicted octanol–water partition coefficient (Wildman–Crippen LogP) is 4.60. The molecule has 166 valence electrons. The molecular formula is C23H34IN3O2S. The van der Waals surface area contributed by atoms with Crippen molar-refractivity contribution in [3.05, 3.63) is 42.0 Å². The van der Waals surface area contributed by atoms with Crippen LogP contribution in [0.15, 0.2) is 41.4 Å². The number of hydrogen-bond acceptors (Lipinski definition) is 3. The summed E-state index contributed by atoms with van der Waals surface area (Å²) in [6.07, 6.45) is 4.28. The molecule has 5 nitrogen and oxygen atoms in total. The summed E-state index contributed by atoms with van der Waals surface area (Å²) in [6, 6.07) is 12.9. The number of fused-ring (bicyclic) bond motifs is 1. The van der Waals surface area contributed by atoms with Crippen LogP contribution in [0, 0.1) is 0 Å². The van der Waals surface area contributed by atoms with Gasteiger partial charge in [0.05, 0.1) is 13.7 Å². The molecule has 0 heterocycles. The van der Waals surface area contributed by atoms with E-state index in [-0.39, 0.29) is 24.0 Å². The first kappa shape index (κ1) is 24.9. The summed E-state index contributed by atoms with van der Waals surface area (Å²) in [5, 5.41) is 9.60. The van der Waals surface area contributed by atoms with Crippen molar-refractivity contribution in [2.24, 2.45) is 4.99 Å². The minimum Gasteiger partial charge on any atom is -0.497 e. The van der Waals surface area contributed by atoms with Gasteiger partial charge in [-0.1, -0.05) is 31.5 Å². The molecule has 1 aliphatic rings. The Labute approximate surface area is 199 Å². The van der Waals surface area contributed by atoms with Crippen LogP contribution in [0.4, 0.5) is 0 Å². The summed E-state index contributed by atoms with van der Waals surface area (Å²) < 4.78 is 17.5. The van der Waals surface area contributed by atoms with Crippen molar-refractivity contribution in [3.8, 4) is 5.75 Å². The number of benzene rings is 2. The van der Waals surface area contributed by atoms with E-state index >= 15 is 0 Å². The van der Waals surface area contributed by atoms with Crippen LogP contribution in [0.1, 0.15) is 45.1 Å². The van der Waals surface area contributed by atoms with E-state index in [0.717, 1.165) is 49.7 Å². The quantitative estimate of drug-likeness (QED) is 0.305. The zero-order valence-electron chi connectivity index (χ0n) is 18.1. The molecule has 3 rings (SSSR count). The van der Waals surface area contributed by atoms with Gasteiger partial charge in [-0.15, -0.1) is 24.0 Å². The Morgan fingerprint density at radius 2 is 1.93 bits per heavy atom. The summed E-state index contributed by atoms with van der Waals surface area (Å²) in [4.78, 5) is 4.80. The number of aliphatic imine (C=N–C) groups is 1. The van der Waals surface area contributed by atoms with Gasteiger partial charge < -0.3 is 15.4 Å². The van der Waals surface area contributed by atoms with Crippen LogP contribution >= 0.6 is 24.0 Å². The second-order valence-electron chi connectivity index (χ2n) is 7.54. The van der Waals surface area contributed by atoms with E-state index in [1.54, 1.807) is 7.11 Å². The van der Waals surface area contributed by atoms with Crippen LogP contribution in [-0.4, -0.2) is 40.9 Å². The fraction of sp³-hybridized carbons (Fsp3) is 0.522. The number of halogens is 1. The maximum atomic E-state index is 12.2. The molecule has 0 bridgehead atoms. The van der Waals surface area contributed by atoms with E-state index in [4.69, 9.17) is 9.73 Å². The van der Waals surface area contributed by atoms with E-state index < -0.39 is 10.8 Å². The van der Waals surface area contributed by atoms with Gasteiger partial charge in [0.2, 0.25) is 0 Å². The topological polar surface area (TPSA) is 62.7 Å². The van der Waals surface area contributed by atoms with Crippen LogP contribution in [-0.2, 0) is 17.3 Å². The van der Waals surface area contributed by atoms with Crippen molar-refractivity contribution in [1.29, 1.82) is 0 Å². The molecule has 0 aromatic heterocycles. The summed E-state index contributed by atoms with van der Waals surface area (Å²) >= 11 is 0. The fourth-order valence-corrected chi connectivity index (χ4v) is 5.28. The Kier molecular flexibility index (Phi) is 10.4. The van der Waals surface area contributed by atoms with Crippen LogP contribution in [0.2, 0.25) is 0 Å². The van der Waals surface area contributed by atoms with Crippen LogP contribution < -0.4 is 15.4 Å². The van der Waals surface area contributed by atoms with Crippen molar-refractivity contribution < 1.29 is 8.95 Å². The van der Waals surface area contributed by atoms with Crippen molar-refractivity contribution in [2.75, 3.05) is 19.4 Å².